The fourth-order valence-corrected chi connectivity index (χ4v) is 6.15. The number of anilines is 1. The van der Waals surface area contributed by atoms with Crippen molar-refractivity contribution < 1.29 is 22.7 Å². The first-order chi connectivity index (χ1) is 20.0. The molecule has 0 aromatic heterocycles. The molecule has 226 valence electrons. The van der Waals surface area contributed by atoms with E-state index < -0.39 is 28.5 Å². The summed E-state index contributed by atoms with van der Waals surface area (Å²) in [6.07, 6.45) is 1.67. The summed E-state index contributed by atoms with van der Waals surface area (Å²) in [6, 6.07) is 16.9. The predicted octanol–water partition coefficient (Wildman–Crippen LogP) is 6.23. The third kappa shape index (κ3) is 8.40. The van der Waals surface area contributed by atoms with Crippen molar-refractivity contribution in [2.24, 2.45) is 0 Å². The van der Waals surface area contributed by atoms with Gasteiger partial charge in [-0.25, -0.2) is 8.42 Å². The van der Waals surface area contributed by atoms with Crippen LogP contribution in [0.4, 0.5) is 5.69 Å². The maximum absolute atomic E-state index is 14.1. The molecule has 11 heteroatoms. The van der Waals surface area contributed by atoms with Gasteiger partial charge in [0.15, 0.2) is 0 Å². The largest absolute Gasteiger partial charge is 0.494 e. The van der Waals surface area contributed by atoms with E-state index in [0.29, 0.717) is 34.5 Å². The third-order valence-corrected chi connectivity index (χ3v) is 9.21. The highest BCUT2D eigenvalue weighted by Crippen LogP contribution is 2.29. The van der Waals surface area contributed by atoms with Crippen LogP contribution in [-0.4, -0.2) is 50.9 Å². The van der Waals surface area contributed by atoms with E-state index in [1.165, 1.54) is 17.0 Å². The highest BCUT2D eigenvalue weighted by molar-refractivity contribution is 7.92. The first-order valence-corrected chi connectivity index (χ1v) is 16.0. The molecule has 0 aliphatic rings. The smallest absolute Gasteiger partial charge is 0.264 e. The summed E-state index contributed by atoms with van der Waals surface area (Å²) in [6.45, 7) is 7.54. The molecule has 1 unspecified atom stereocenters. The second-order valence-electron chi connectivity index (χ2n) is 9.79. The highest BCUT2D eigenvalue weighted by Gasteiger charge is 2.33. The van der Waals surface area contributed by atoms with Crippen LogP contribution in [0.25, 0.3) is 0 Å². The number of hydrogen-bond donors (Lipinski definition) is 1. The Bertz CT molecular complexity index is 1440. The van der Waals surface area contributed by atoms with E-state index in [2.05, 4.69) is 5.32 Å². The fraction of sp³-hybridized carbons (Fsp3) is 0.355. The molecular formula is C31H37Cl2N3O5S. The second-order valence-corrected chi connectivity index (χ2v) is 12.5. The van der Waals surface area contributed by atoms with Crippen LogP contribution in [0.3, 0.4) is 0 Å². The number of unbranched alkanes of at least 4 members (excludes halogenated alkanes) is 1. The van der Waals surface area contributed by atoms with Gasteiger partial charge in [-0.2, -0.15) is 0 Å². The summed E-state index contributed by atoms with van der Waals surface area (Å²) in [7, 11) is -4.18. The minimum atomic E-state index is -4.18. The van der Waals surface area contributed by atoms with Gasteiger partial charge >= 0.3 is 0 Å². The Balaban J connectivity index is 2.04. The lowest BCUT2D eigenvalue weighted by atomic mass is 10.1. The zero-order chi connectivity index (χ0) is 30.9. The molecule has 8 nitrogen and oxygen atoms in total. The van der Waals surface area contributed by atoms with E-state index in [9.17, 15) is 18.0 Å². The van der Waals surface area contributed by atoms with Crippen molar-refractivity contribution in [3.63, 3.8) is 0 Å². The molecule has 0 saturated heterocycles. The van der Waals surface area contributed by atoms with Crippen LogP contribution < -0.4 is 14.4 Å². The summed E-state index contributed by atoms with van der Waals surface area (Å²) < 4.78 is 34.5. The number of amides is 2. The molecule has 0 heterocycles. The van der Waals surface area contributed by atoms with E-state index >= 15 is 0 Å². The Morgan fingerprint density at radius 3 is 2.14 bits per heavy atom. The van der Waals surface area contributed by atoms with Crippen molar-refractivity contribution in [1.29, 1.82) is 0 Å². The van der Waals surface area contributed by atoms with Crippen LogP contribution in [0.15, 0.2) is 71.6 Å². The number of benzene rings is 3. The van der Waals surface area contributed by atoms with Gasteiger partial charge in [0.2, 0.25) is 11.8 Å². The van der Waals surface area contributed by atoms with Crippen molar-refractivity contribution in [2.45, 2.75) is 58.0 Å². The van der Waals surface area contributed by atoms with Crippen molar-refractivity contribution in [3.05, 3.63) is 87.9 Å². The van der Waals surface area contributed by atoms with Crippen LogP contribution in [0.2, 0.25) is 10.0 Å². The molecule has 0 fully saturated rings. The van der Waals surface area contributed by atoms with Gasteiger partial charge in [-0.05, 0) is 75.7 Å². The molecule has 3 aromatic rings. The number of carbonyl (C=O) groups excluding carboxylic acids is 2. The van der Waals surface area contributed by atoms with E-state index in [1.54, 1.807) is 61.5 Å². The van der Waals surface area contributed by atoms with Crippen LogP contribution >= 0.6 is 23.2 Å². The first-order valence-electron chi connectivity index (χ1n) is 13.8. The quantitative estimate of drug-likeness (QED) is 0.212. The SMILES string of the molecule is CCCCNC(=O)C(C)N(Cc1c(Cl)cccc1Cl)C(=O)CN(c1ccc(OCC)cc1)S(=O)(=O)c1ccc(C)cc1. The van der Waals surface area contributed by atoms with E-state index in [1.807, 2.05) is 20.8 Å². The van der Waals surface area contributed by atoms with Gasteiger partial charge in [-0.1, -0.05) is 60.3 Å². The van der Waals surface area contributed by atoms with Gasteiger partial charge < -0.3 is 15.0 Å². The zero-order valence-electron chi connectivity index (χ0n) is 24.3. The van der Waals surface area contributed by atoms with E-state index in [0.717, 1.165) is 22.7 Å². The molecule has 2 amide bonds. The lowest BCUT2D eigenvalue weighted by molar-refractivity contribution is -0.139. The zero-order valence-corrected chi connectivity index (χ0v) is 26.6. The lowest BCUT2D eigenvalue weighted by Crippen LogP contribution is -2.51. The summed E-state index contributed by atoms with van der Waals surface area (Å²) in [5.74, 6) is -0.407. The number of nitrogens with one attached hydrogen (secondary N) is 1. The molecule has 0 saturated carbocycles. The Kier molecular flexibility index (Phi) is 12.1. The van der Waals surface area contributed by atoms with Crippen LogP contribution in [0, 0.1) is 6.92 Å². The Labute approximate surface area is 258 Å². The molecule has 0 aliphatic heterocycles. The van der Waals surface area contributed by atoms with Gasteiger partial charge in [0.25, 0.3) is 10.0 Å². The van der Waals surface area contributed by atoms with E-state index in [4.69, 9.17) is 27.9 Å². The predicted molar refractivity (Wildman–Crippen MR) is 168 cm³/mol. The minimum absolute atomic E-state index is 0.0286. The van der Waals surface area contributed by atoms with Crippen LogP contribution in [0.5, 0.6) is 5.75 Å². The Morgan fingerprint density at radius 2 is 1.57 bits per heavy atom. The average Bonchev–Trinajstić information content (AvgIpc) is 2.96. The molecule has 3 rings (SSSR count). The van der Waals surface area contributed by atoms with Gasteiger partial charge in [-0.3, -0.25) is 13.9 Å². The van der Waals surface area contributed by atoms with Crippen LogP contribution in [-0.2, 0) is 26.2 Å². The lowest BCUT2D eigenvalue weighted by Gasteiger charge is -2.32. The molecular weight excluding hydrogens is 597 g/mol. The number of ether oxygens (including phenoxy) is 1. The summed E-state index contributed by atoms with van der Waals surface area (Å²) in [5.41, 5.74) is 1.61. The topological polar surface area (TPSA) is 96.0 Å². The monoisotopic (exact) mass is 633 g/mol. The number of hydrogen-bond acceptors (Lipinski definition) is 5. The number of nitrogens with zero attached hydrogens (tertiary/aromatic N) is 2. The summed E-state index contributed by atoms with van der Waals surface area (Å²) in [4.78, 5) is 28.5. The average molecular weight is 635 g/mol. The minimum Gasteiger partial charge on any atom is -0.494 e. The molecule has 0 bridgehead atoms. The van der Waals surface area contributed by atoms with Gasteiger partial charge in [0.05, 0.1) is 17.2 Å². The molecule has 42 heavy (non-hydrogen) atoms. The second kappa shape index (κ2) is 15.3. The maximum Gasteiger partial charge on any atom is 0.264 e. The van der Waals surface area contributed by atoms with Gasteiger partial charge in [-0.15, -0.1) is 0 Å². The van der Waals surface area contributed by atoms with E-state index in [-0.39, 0.29) is 23.0 Å². The van der Waals surface area contributed by atoms with Crippen molar-refractivity contribution in [1.82, 2.24) is 10.2 Å². The Hall–Kier alpha value is -3.27. The standard InChI is InChI=1S/C31H37Cl2N3O5S/c1-5-7-19-34-31(38)23(4)35(20-27-28(32)9-8-10-29(27)33)30(37)21-36(24-13-15-25(16-14-24)41-6-2)42(39,40)26-17-11-22(3)12-18-26/h8-18,23H,5-7,19-21H2,1-4H3,(H,34,38). The first kappa shape index (κ1) is 33.2. The molecule has 0 radical (unpaired) electrons. The number of aryl methyl sites for hydroxylation is 1. The number of carbonyl (C=O) groups is 2. The molecule has 0 spiro atoms. The van der Waals surface area contributed by atoms with Crippen molar-refractivity contribution >= 4 is 50.7 Å². The molecule has 1 N–H and O–H groups in total. The van der Waals surface area contributed by atoms with Crippen molar-refractivity contribution in [3.8, 4) is 5.75 Å². The molecule has 1 atom stereocenters. The third-order valence-electron chi connectivity index (χ3n) is 6.71. The van der Waals surface area contributed by atoms with Crippen molar-refractivity contribution in [2.75, 3.05) is 24.0 Å². The van der Waals surface area contributed by atoms with Gasteiger partial charge in [0, 0.05) is 28.7 Å². The van der Waals surface area contributed by atoms with Gasteiger partial charge in [0.1, 0.15) is 18.3 Å². The highest BCUT2D eigenvalue weighted by atomic mass is 35.5. The molecule has 3 aromatic carbocycles. The Morgan fingerprint density at radius 1 is 0.952 bits per heavy atom. The molecule has 0 aliphatic carbocycles. The van der Waals surface area contributed by atoms with Crippen LogP contribution in [0.1, 0.15) is 44.7 Å². The number of halogens is 2. The maximum atomic E-state index is 14.1. The fourth-order valence-electron chi connectivity index (χ4n) is 4.21. The normalized spacial score (nSPS) is 12.0. The summed E-state index contributed by atoms with van der Waals surface area (Å²) >= 11 is 12.9. The summed E-state index contributed by atoms with van der Waals surface area (Å²) in [5, 5.41) is 3.51. The number of rotatable bonds is 14. The number of sulfonamides is 1.